The van der Waals surface area contributed by atoms with Crippen LogP contribution in [-0.2, 0) is 0 Å². The van der Waals surface area contributed by atoms with Crippen LogP contribution in [0.4, 0.5) is 0 Å². The second-order valence-corrected chi connectivity index (χ2v) is 5.84. The molecule has 0 radical (unpaired) electrons. The Bertz CT molecular complexity index is 291. The summed E-state index contributed by atoms with van der Waals surface area (Å²) < 4.78 is 0. The molecule has 1 aliphatic rings. The summed E-state index contributed by atoms with van der Waals surface area (Å²) in [5.41, 5.74) is -0.119. The van der Waals surface area contributed by atoms with Gasteiger partial charge in [0.1, 0.15) is 0 Å². The largest absolute Gasteiger partial charge is 0.338 e. The molecule has 0 saturated carbocycles. The van der Waals surface area contributed by atoms with E-state index in [1.165, 1.54) is 0 Å². The Morgan fingerprint density at radius 3 is 2.06 bits per heavy atom. The Kier molecular flexibility index (Phi) is 3.25. The van der Waals surface area contributed by atoms with Gasteiger partial charge in [-0.2, -0.15) is 0 Å². The van der Waals surface area contributed by atoms with Gasteiger partial charge < -0.3 is 10.2 Å². The molecule has 4 heteroatoms. The molecule has 1 rings (SSSR count). The van der Waals surface area contributed by atoms with Crippen molar-refractivity contribution < 1.29 is 0 Å². The molecule has 0 bridgehead atoms. The van der Waals surface area contributed by atoms with Crippen LogP contribution in [0.3, 0.4) is 0 Å². The molecule has 94 valence electrons. The third kappa shape index (κ3) is 2.17. The molecule has 1 heterocycles. The van der Waals surface area contributed by atoms with E-state index in [-0.39, 0.29) is 11.3 Å². The average Bonchev–Trinajstić information content (AvgIpc) is 2.11. The summed E-state index contributed by atoms with van der Waals surface area (Å²) in [5.74, 6) is 0.975. The standard InChI is InChI=1S/C12H26N4/c1-9(2)13-10-14-11(3,4)16(8)12(5,6)15(10)7/h9H,1-8H3,(H,13,14). The lowest BCUT2D eigenvalue weighted by Crippen LogP contribution is -2.75. The van der Waals surface area contributed by atoms with Crippen molar-refractivity contribution in [1.29, 1.82) is 0 Å². The SMILES string of the molecule is CC(C)N=C1NC(C)(C)N(C)C(C)(C)N1C. The summed E-state index contributed by atoms with van der Waals surface area (Å²) in [6, 6.07) is 0.306. The lowest BCUT2D eigenvalue weighted by molar-refractivity contribution is -0.0603. The number of hydrogen-bond donors (Lipinski definition) is 1. The van der Waals surface area contributed by atoms with Crippen LogP contribution in [0.25, 0.3) is 0 Å². The number of rotatable bonds is 1. The highest BCUT2D eigenvalue weighted by molar-refractivity contribution is 5.82. The van der Waals surface area contributed by atoms with Crippen LogP contribution in [0, 0.1) is 0 Å². The van der Waals surface area contributed by atoms with Gasteiger partial charge >= 0.3 is 0 Å². The Balaban J connectivity index is 3.10. The van der Waals surface area contributed by atoms with Crippen LogP contribution in [0.15, 0.2) is 4.99 Å². The first-order chi connectivity index (χ1) is 7.09. The van der Waals surface area contributed by atoms with Gasteiger partial charge in [-0.15, -0.1) is 0 Å². The number of guanidine groups is 1. The van der Waals surface area contributed by atoms with E-state index in [4.69, 9.17) is 0 Å². The van der Waals surface area contributed by atoms with E-state index in [9.17, 15) is 0 Å². The van der Waals surface area contributed by atoms with Gasteiger partial charge in [-0.3, -0.25) is 9.89 Å². The quantitative estimate of drug-likeness (QED) is 0.738. The van der Waals surface area contributed by atoms with Crippen molar-refractivity contribution in [3.05, 3.63) is 0 Å². The summed E-state index contributed by atoms with van der Waals surface area (Å²) in [6.45, 7) is 13.0. The van der Waals surface area contributed by atoms with Gasteiger partial charge in [0, 0.05) is 13.1 Å². The van der Waals surface area contributed by atoms with Crippen LogP contribution in [0.5, 0.6) is 0 Å². The van der Waals surface area contributed by atoms with Gasteiger partial charge in [-0.1, -0.05) is 0 Å². The van der Waals surface area contributed by atoms with E-state index in [0.717, 1.165) is 5.96 Å². The molecular formula is C12H26N4. The van der Waals surface area contributed by atoms with Crippen LogP contribution >= 0.6 is 0 Å². The highest BCUT2D eigenvalue weighted by Gasteiger charge is 2.44. The molecule has 0 unspecified atom stereocenters. The molecule has 0 aromatic carbocycles. The second-order valence-electron chi connectivity index (χ2n) is 5.84. The normalized spacial score (nSPS) is 27.3. The zero-order valence-electron chi connectivity index (χ0n) is 11.9. The molecule has 1 fully saturated rings. The molecule has 0 spiro atoms. The third-order valence-electron chi connectivity index (χ3n) is 3.60. The fourth-order valence-electron chi connectivity index (χ4n) is 1.97. The van der Waals surface area contributed by atoms with Gasteiger partial charge in [0.25, 0.3) is 0 Å². The minimum absolute atomic E-state index is 0.0392. The first-order valence-electron chi connectivity index (χ1n) is 5.93. The smallest absolute Gasteiger partial charge is 0.196 e. The topological polar surface area (TPSA) is 30.9 Å². The van der Waals surface area contributed by atoms with Gasteiger partial charge in [-0.05, 0) is 48.6 Å². The molecule has 0 aromatic heterocycles. The fourth-order valence-corrected chi connectivity index (χ4v) is 1.97. The van der Waals surface area contributed by atoms with Gasteiger partial charge in [0.2, 0.25) is 0 Å². The number of hydrogen-bond acceptors (Lipinski definition) is 2. The van der Waals surface area contributed by atoms with Crippen molar-refractivity contribution >= 4 is 5.96 Å². The highest BCUT2D eigenvalue weighted by Crippen LogP contribution is 2.28. The number of nitrogens with one attached hydrogen (secondary N) is 1. The Hall–Kier alpha value is -0.770. The Morgan fingerprint density at radius 1 is 1.12 bits per heavy atom. The monoisotopic (exact) mass is 226 g/mol. The van der Waals surface area contributed by atoms with E-state index >= 15 is 0 Å². The van der Waals surface area contributed by atoms with Gasteiger partial charge in [-0.25, -0.2) is 0 Å². The van der Waals surface area contributed by atoms with E-state index in [2.05, 4.69) is 75.7 Å². The molecule has 0 atom stereocenters. The van der Waals surface area contributed by atoms with Gasteiger partial charge in [0.05, 0.1) is 11.3 Å². The maximum atomic E-state index is 4.65. The van der Waals surface area contributed by atoms with Crippen LogP contribution < -0.4 is 5.32 Å². The van der Waals surface area contributed by atoms with Crippen LogP contribution in [0.2, 0.25) is 0 Å². The average molecular weight is 226 g/mol. The van der Waals surface area contributed by atoms with Crippen molar-refractivity contribution in [3.63, 3.8) is 0 Å². The lowest BCUT2D eigenvalue weighted by atomic mass is 10.0. The predicted molar refractivity (Wildman–Crippen MR) is 69.4 cm³/mol. The van der Waals surface area contributed by atoms with Crippen LogP contribution in [-0.4, -0.2) is 47.2 Å². The van der Waals surface area contributed by atoms with E-state index < -0.39 is 0 Å². The first-order valence-corrected chi connectivity index (χ1v) is 5.93. The van der Waals surface area contributed by atoms with E-state index in [1.807, 2.05) is 0 Å². The zero-order valence-corrected chi connectivity index (χ0v) is 11.9. The van der Waals surface area contributed by atoms with Crippen molar-refractivity contribution in [2.24, 2.45) is 4.99 Å². The molecule has 4 nitrogen and oxygen atoms in total. The summed E-state index contributed by atoms with van der Waals surface area (Å²) in [7, 11) is 4.22. The van der Waals surface area contributed by atoms with E-state index in [1.54, 1.807) is 0 Å². The third-order valence-corrected chi connectivity index (χ3v) is 3.60. The minimum atomic E-state index is -0.0796. The molecule has 1 saturated heterocycles. The Labute approximate surface area is 99.7 Å². The summed E-state index contributed by atoms with van der Waals surface area (Å²) in [5, 5.41) is 3.48. The van der Waals surface area contributed by atoms with Gasteiger partial charge in [0.15, 0.2) is 5.96 Å². The lowest BCUT2D eigenvalue weighted by Gasteiger charge is -2.57. The predicted octanol–water partition coefficient (Wildman–Crippen LogP) is 1.69. The van der Waals surface area contributed by atoms with Crippen LogP contribution in [0.1, 0.15) is 41.5 Å². The maximum absolute atomic E-state index is 4.65. The number of aliphatic imine (C=N–C) groups is 1. The molecule has 0 aromatic rings. The minimum Gasteiger partial charge on any atom is -0.338 e. The highest BCUT2D eigenvalue weighted by atomic mass is 15.5. The van der Waals surface area contributed by atoms with Crippen molar-refractivity contribution in [2.75, 3.05) is 14.1 Å². The summed E-state index contributed by atoms with van der Waals surface area (Å²) in [4.78, 5) is 9.16. The summed E-state index contributed by atoms with van der Waals surface area (Å²) >= 11 is 0. The van der Waals surface area contributed by atoms with Crippen molar-refractivity contribution in [2.45, 2.75) is 58.9 Å². The molecule has 1 N–H and O–H groups in total. The fraction of sp³-hybridized carbons (Fsp3) is 0.917. The van der Waals surface area contributed by atoms with Crippen molar-refractivity contribution in [1.82, 2.24) is 15.1 Å². The zero-order chi connectivity index (χ0) is 12.7. The molecule has 0 aliphatic carbocycles. The first kappa shape index (κ1) is 13.3. The molecular weight excluding hydrogens is 200 g/mol. The molecule has 16 heavy (non-hydrogen) atoms. The van der Waals surface area contributed by atoms with Crippen molar-refractivity contribution in [3.8, 4) is 0 Å². The maximum Gasteiger partial charge on any atom is 0.196 e. The molecule has 0 amide bonds. The summed E-state index contributed by atoms with van der Waals surface area (Å²) in [6.07, 6.45) is 0. The second kappa shape index (κ2) is 3.91. The number of nitrogens with zero attached hydrogens (tertiary/aromatic N) is 3. The molecule has 1 aliphatic heterocycles. The Morgan fingerprint density at radius 2 is 1.62 bits per heavy atom. The van der Waals surface area contributed by atoms with E-state index in [0.29, 0.717) is 6.04 Å².